The van der Waals surface area contributed by atoms with E-state index in [4.69, 9.17) is 15.0 Å². The molecule has 0 fully saturated rings. The molecule has 5 heteroatoms. The third-order valence-electron chi connectivity index (χ3n) is 11.4. The zero-order valence-corrected chi connectivity index (χ0v) is 34.9. The molecule has 300 valence electrons. The summed E-state index contributed by atoms with van der Waals surface area (Å²) in [5.74, 6) is 1.66. The third kappa shape index (κ3) is 7.76. The summed E-state index contributed by atoms with van der Waals surface area (Å²) >= 11 is 0. The largest absolute Gasteiger partial charge is 0.311 e. The van der Waals surface area contributed by atoms with Gasteiger partial charge in [-0.05, 0) is 83.3 Å². The van der Waals surface area contributed by atoms with E-state index in [1.54, 1.807) is 6.08 Å². The molecule has 0 bridgehead atoms. The SMILES string of the molecule is C=C/C=C(\C=C(/C)c1ccc(N(c2ccccc2)c2ccccc2)cc1)c1nc(-c2ccccc2)nc(-n2c3ccccc3c3cccc(-c4ccc(-c5ccccc5)cc4)c32)n1. The first-order chi connectivity index (χ1) is 31.1. The fourth-order valence-electron chi connectivity index (χ4n) is 8.35. The van der Waals surface area contributed by atoms with Gasteiger partial charge in [-0.2, -0.15) is 9.97 Å². The third-order valence-corrected chi connectivity index (χ3v) is 11.4. The van der Waals surface area contributed by atoms with Crippen LogP contribution in [-0.2, 0) is 0 Å². The van der Waals surface area contributed by atoms with E-state index < -0.39 is 0 Å². The van der Waals surface area contributed by atoms with E-state index >= 15 is 0 Å². The fraction of sp³-hybridized carbons (Fsp3) is 0.0172. The molecule has 0 aliphatic carbocycles. The molecule has 10 aromatic rings. The van der Waals surface area contributed by atoms with Crippen molar-refractivity contribution in [1.82, 2.24) is 19.5 Å². The smallest absolute Gasteiger partial charge is 0.238 e. The van der Waals surface area contributed by atoms with Gasteiger partial charge in [0.2, 0.25) is 5.95 Å². The van der Waals surface area contributed by atoms with E-state index in [1.165, 1.54) is 11.1 Å². The Morgan fingerprint density at radius 3 is 1.68 bits per heavy atom. The Morgan fingerprint density at radius 1 is 0.492 bits per heavy atom. The molecular formula is C58H43N5. The average molecular weight is 810 g/mol. The summed E-state index contributed by atoms with van der Waals surface area (Å²) in [5, 5.41) is 2.25. The number of hydrogen-bond donors (Lipinski definition) is 0. The van der Waals surface area contributed by atoms with Crippen molar-refractivity contribution in [2.24, 2.45) is 0 Å². The maximum Gasteiger partial charge on any atom is 0.238 e. The molecule has 0 amide bonds. The van der Waals surface area contributed by atoms with Crippen molar-refractivity contribution in [3.05, 3.63) is 249 Å². The number of nitrogens with zero attached hydrogens (tertiary/aromatic N) is 5. The van der Waals surface area contributed by atoms with Gasteiger partial charge in [0.05, 0.1) is 11.0 Å². The van der Waals surface area contributed by atoms with Gasteiger partial charge in [-0.25, -0.2) is 4.98 Å². The molecule has 10 rings (SSSR count). The van der Waals surface area contributed by atoms with Gasteiger partial charge in [0, 0.05) is 44.5 Å². The Labute approximate surface area is 368 Å². The summed E-state index contributed by atoms with van der Waals surface area (Å²) in [6.45, 7) is 6.24. The summed E-state index contributed by atoms with van der Waals surface area (Å²) < 4.78 is 2.20. The molecule has 5 nitrogen and oxygen atoms in total. The maximum absolute atomic E-state index is 5.33. The highest BCUT2D eigenvalue weighted by molar-refractivity contribution is 6.13. The lowest BCUT2D eigenvalue weighted by atomic mass is 9.98. The minimum atomic E-state index is 0.533. The van der Waals surface area contributed by atoms with Crippen molar-refractivity contribution >= 4 is 50.0 Å². The van der Waals surface area contributed by atoms with Crippen LogP contribution in [0.15, 0.2) is 237 Å². The Kier molecular flexibility index (Phi) is 10.6. The lowest BCUT2D eigenvalue weighted by Gasteiger charge is -2.25. The topological polar surface area (TPSA) is 46.8 Å². The molecular weight excluding hydrogens is 767 g/mol. The molecule has 2 heterocycles. The second-order valence-electron chi connectivity index (χ2n) is 15.4. The van der Waals surface area contributed by atoms with E-state index in [2.05, 4.69) is 193 Å². The average Bonchev–Trinajstić information content (AvgIpc) is 3.70. The van der Waals surface area contributed by atoms with Crippen LogP contribution in [0.3, 0.4) is 0 Å². The van der Waals surface area contributed by atoms with Crippen LogP contribution in [0.2, 0.25) is 0 Å². The van der Waals surface area contributed by atoms with Crippen LogP contribution in [-0.4, -0.2) is 19.5 Å². The van der Waals surface area contributed by atoms with Gasteiger partial charge in [0.15, 0.2) is 11.6 Å². The zero-order chi connectivity index (χ0) is 42.5. The van der Waals surface area contributed by atoms with Crippen LogP contribution in [0, 0.1) is 0 Å². The zero-order valence-electron chi connectivity index (χ0n) is 34.9. The number of anilines is 3. The molecule has 0 aliphatic heterocycles. The van der Waals surface area contributed by atoms with Crippen LogP contribution in [0.1, 0.15) is 18.3 Å². The van der Waals surface area contributed by atoms with E-state index in [0.717, 1.165) is 72.3 Å². The second-order valence-corrected chi connectivity index (χ2v) is 15.4. The highest BCUT2D eigenvalue weighted by atomic mass is 15.2. The molecule has 0 aliphatic rings. The minimum absolute atomic E-state index is 0.533. The molecule has 0 unspecified atom stereocenters. The predicted octanol–water partition coefficient (Wildman–Crippen LogP) is 15.1. The van der Waals surface area contributed by atoms with Crippen LogP contribution in [0.25, 0.3) is 72.5 Å². The van der Waals surface area contributed by atoms with Crippen molar-refractivity contribution in [2.75, 3.05) is 4.90 Å². The normalized spacial score (nSPS) is 11.8. The first kappa shape index (κ1) is 38.8. The molecule has 0 N–H and O–H groups in total. The second kappa shape index (κ2) is 17.3. The lowest BCUT2D eigenvalue weighted by Crippen LogP contribution is -2.09. The summed E-state index contributed by atoms with van der Waals surface area (Å²) in [6.07, 6.45) is 5.91. The van der Waals surface area contributed by atoms with Gasteiger partial charge in [-0.1, -0.05) is 189 Å². The van der Waals surface area contributed by atoms with Crippen molar-refractivity contribution in [3.8, 4) is 39.6 Å². The standard InChI is InChI=1S/C58H43N5/c1-3-19-47(40-41(2)42-36-38-50(39-37-42)62(48-24-12-6-13-25-48)49-26-14-7-15-27-49)57-59-56(46-22-10-5-11-23-46)60-58(61-57)63-54-31-17-16-28-52(54)53-30-18-29-51(55(53)63)45-34-32-44(33-35-45)43-20-8-4-9-21-43/h3-40H,1H2,2H3/b41-40+,47-19+. The predicted molar refractivity (Wildman–Crippen MR) is 263 cm³/mol. The summed E-state index contributed by atoms with van der Waals surface area (Å²) in [6, 6.07) is 74.0. The number of aromatic nitrogens is 4. The molecule has 0 spiro atoms. The van der Waals surface area contributed by atoms with Gasteiger partial charge in [-0.15, -0.1) is 0 Å². The summed E-state index contributed by atoms with van der Waals surface area (Å²) in [4.78, 5) is 18.0. The van der Waals surface area contributed by atoms with E-state index in [0.29, 0.717) is 17.6 Å². The number of fused-ring (bicyclic) bond motifs is 3. The Hall–Kier alpha value is -8.41. The number of rotatable bonds is 11. The molecule has 0 saturated heterocycles. The fourth-order valence-corrected chi connectivity index (χ4v) is 8.35. The highest BCUT2D eigenvalue weighted by Crippen LogP contribution is 2.39. The highest BCUT2D eigenvalue weighted by Gasteiger charge is 2.21. The molecule has 63 heavy (non-hydrogen) atoms. The molecule has 2 aromatic heterocycles. The van der Waals surface area contributed by atoms with E-state index in [9.17, 15) is 0 Å². The van der Waals surface area contributed by atoms with E-state index in [-0.39, 0.29) is 0 Å². The van der Waals surface area contributed by atoms with Crippen molar-refractivity contribution in [3.63, 3.8) is 0 Å². The summed E-state index contributed by atoms with van der Waals surface area (Å²) in [7, 11) is 0. The Bertz CT molecular complexity index is 3220. The first-order valence-corrected chi connectivity index (χ1v) is 21.1. The van der Waals surface area contributed by atoms with Crippen LogP contribution < -0.4 is 4.90 Å². The van der Waals surface area contributed by atoms with Crippen LogP contribution >= 0.6 is 0 Å². The number of hydrogen-bond acceptors (Lipinski definition) is 4. The van der Waals surface area contributed by atoms with Crippen molar-refractivity contribution in [1.29, 1.82) is 0 Å². The lowest BCUT2D eigenvalue weighted by molar-refractivity contribution is 0.933. The Morgan fingerprint density at radius 2 is 1.03 bits per heavy atom. The quantitative estimate of drug-likeness (QED) is 0.122. The van der Waals surface area contributed by atoms with Crippen LogP contribution in [0.5, 0.6) is 0 Å². The summed E-state index contributed by atoms with van der Waals surface area (Å²) in [5.41, 5.74) is 13.7. The van der Waals surface area contributed by atoms with Crippen LogP contribution in [0.4, 0.5) is 17.1 Å². The van der Waals surface area contributed by atoms with Gasteiger partial charge in [0.1, 0.15) is 0 Å². The van der Waals surface area contributed by atoms with Gasteiger partial charge in [0.25, 0.3) is 0 Å². The number of allylic oxidation sites excluding steroid dienone is 5. The maximum atomic E-state index is 5.33. The van der Waals surface area contributed by atoms with Gasteiger partial charge < -0.3 is 4.90 Å². The van der Waals surface area contributed by atoms with Crippen molar-refractivity contribution < 1.29 is 0 Å². The monoisotopic (exact) mass is 809 g/mol. The number of para-hydroxylation sites is 4. The first-order valence-electron chi connectivity index (χ1n) is 21.1. The van der Waals surface area contributed by atoms with Gasteiger partial charge in [-0.3, -0.25) is 4.57 Å². The van der Waals surface area contributed by atoms with E-state index in [1.807, 2.05) is 54.6 Å². The number of benzene rings is 8. The van der Waals surface area contributed by atoms with Gasteiger partial charge >= 0.3 is 0 Å². The Balaban J connectivity index is 1.10. The molecule has 8 aromatic carbocycles. The minimum Gasteiger partial charge on any atom is -0.311 e. The molecule has 0 atom stereocenters. The molecule has 0 radical (unpaired) electrons. The molecule has 0 saturated carbocycles. The van der Waals surface area contributed by atoms with Crippen molar-refractivity contribution in [2.45, 2.75) is 6.92 Å².